The van der Waals surface area contributed by atoms with E-state index >= 15 is 0 Å². The molecule has 0 amide bonds. The van der Waals surface area contributed by atoms with Crippen molar-refractivity contribution in [1.29, 1.82) is 0 Å². The number of carboxylic acids is 1. The molecule has 106 valence electrons. The average Bonchev–Trinajstić information content (AvgIpc) is 3.09. The summed E-state index contributed by atoms with van der Waals surface area (Å²) in [5, 5.41) is 11.1. The molecule has 0 saturated carbocycles. The van der Waals surface area contributed by atoms with Crippen molar-refractivity contribution in [2.24, 2.45) is 5.92 Å². The van der Waals surface area contributed by atoms with Crippen LogP contribution in [0.4, 0.5) is 0 Å². The highest BCUT2D eigenvalue weighted by molar-refractivity contribution is 7.13. The zero-order chi connectivity index (χ0) is 13.9. The summed E-state index contributed by atoms with van der Waals surface area (Å²) >= 11 is 1.61. The number of hydrogen-bond donors (Lipinski definition) is 1. The number of nitrogens with zero attached hydrogens (tertiary/aromatic N) is 2. The second-order valence-corrected chi connectivity index (χ2v) is 5.96. The summed E-state index contributed by atoms with van der Waals surface area (Å²) in [5.74, 6) is 0.457. The highest BCUT2D eigenvalue weighted by Gasteiger charge is 2.26. The van der Waals surface area contributed by atoms with E-state index in [2.05, 4.69) is 9.88 Å². The van der Waals surface area contributed by atoms with E-state index in [-0.39, 0.29) is 5.92 Å². The number of oxazole rings is 1. The van der Waals surface area contributed by atoms with Crippen LogP contribution >= 0.6 is 11.3 Å². The van der Waals surface area contributed by atoms with Crippen LogP contribution in [0.15, 0.2) is 28.1 Å². The molecule has 1 N–H and O–H groups in total. The van der Waals surface area contributed by atoms with Gasteiger partial charge >= 0.3 is 5.97 Å². The Morgan fingerprint density at radius 1 is 1.60 bits per heavy atom. The van der Waals surface area contributed by atoms with Gasteiger partial charge in [-0.2, -0.15) is 0 Å². The Morgan fingerprint density at radius 3 is 3.25 bits per heavy atom. The van der Waals surface area contributed by atoms with Crippen molar-refractivity contribution in [1.82, 2.24) is 9.88 Å². The average molecular weight is 292 g/mol. The van der Waals surface area contributed by atoms with Crippen LogP contribution in [-0.2, 0) is 11.3 Å². The second-order valence-electron chi connectivity index (χ2n) is 5.01. The molecule has 2 aromatic rings. The van der Waals surface area contributed by atoms with E-state index < -0.39 is 5.97 Å². The van der Waals surface area contributed by atoms with Crippen LogP contribution in [0.5, 0.6) is 0 Å². The van der Waals surface area contributed by atoms with Crippen molar-refractivity contribution in [3.05, 3.63) is 29.6 Å². The molecule has 0 aromatic carbocycles. The SMILES string of the molecule is O=C(O)C1CCCN(Cc2ncc(-c3cccs3)o2)C1. The largest absolute Gasteiger partial charge is 0.481 e. The predicted octanol–water partition coefficient (Wildman–Crippen LogP) is 2.70. The van der Waals surface area contributed by atoms with Gasteiger partial charge in [-0.15, -0.1) is 11.3 Å². The number of carbonyl (C=O) groups is 1. The lowest BCUT2D eigenvalue weighted by Gasteiger charge is -2.29. The molecule has 20 heavy (non-hydrogen) atoms. The summed E-state index contributed by atoms with van der Waals surface area (Å²) in [4.78, 5) is 18.5. The molecule has 0 spiro atoms. The first-order valence-electron chi connectivity index (χ1n) is 6.66. The van der Waals surface area contributed by atoms with E-state index in [1.807, 2.05) is 17.5 Å². The van der Waals surface area contributed by atoms with Crippen LogP contribution in [0.2, 0.25) is 0 Å². The van der Waals surface area contributed by atoms with Crippen LogP contribution in [0, 0.1) is 5.92 Å². The number of aromatic nitrogens is 1. The Labute approximate surface area is 120 Å². The number of aliphatic carboxylic acids is 1. The zero-order valence-electron chi connectivity index (χ0n) is 11.0. The van der Waals surface area contributed by atoms with Crippen LogP contribution in [-0.4, -0.2) is 34.0 Å². The van der Waals surface area contributed by atoms with Gasteiger partial charge in [0.1, 0.15) is 0 Å². The number of piperidine rings is 1. The lowest BCUT2D eigenvalue weighted by molar-refractivity contribution is -0.143. The van der Waals surface area contributed by atoms with Gasteiger partial charge < -0.3 is 9.52 Å². The minimum absolute atomic E-state index is 0.268. The standard InChI is InChI=1S/C14H16N2O3S/c17-14(18)10-3-1-5-16(8-10)9-13-15-7-11(19-13)12-4-2-6-20-12/h2,4,6-7,10H,1,3,5,8-9H2,(H,17,18). The van der Waals surface area contributed by atoms with E-state index in [0.717, 1.165) is 30.0 Å². The van der Waals surface area contributed by atoms with Gasteiger partial charge in [0.2, 0.25) is 5.89 Å². The molecule has 3 heterocycles. The summed E-state index contributed by atoms with van der Waals surface area (Å²) in [6.07, 6.45) is 3.41. The number of rotatable bonds is 4. The van der Waals surface area contributed by atoms with Gasteiger partial charge in [-0.3, -0.25) is 9.69 Å². The highest BCUT2D eigenvalue weighted by atomic mass is 32.1. The van der Waals surface area contributed by atoms with Crippen LogP contribution in [0.25, 0.3) is 10.6 Å². The molecule has 0 radical (unpaired) electrons. The van der Waals surface area contributed by atoms with Crippen molar-refractivity contribution in [2.45, 2.75) is 19.4 Å². The smallest absolute Gasteiger partial charge is 0.307 e. The van der Waals surface area contributed by atoms with Gasteiger partial charge in [0.25, 0.3) is 0 Å². The van der Waals surface area contributed by atoms with E-state index in [1.54, 1.807) is 17.5 Å². The Bertz CT molecular complexity index is 579. The third kappa shape index (κ3) is 2.91. The quantitative estimate of drug-likeness (QED) is 0.938. The molecule has 6 heteroatoms. The van der Waals surface area contributed by atoms with E-state index in [0.29, 0.717) is 19.0 Å². The van der Waals surface area contributed by atoms with E-state index in [9.17, 15) is 4.79 Å². The first-order valence-corrected chi connectivity index (χ1v) is 7.54. The van der Waals surface area contributed by atoms with Gasteiger partial charge in [0.15, 0.2) is 5.76 Å². The molecule has 1 fully saturated rings. The molecule has 0 aliphatic carbocycles. The van der Waals surface area contributed by atoms with Crippen molar-refractivity contribution < 1.29 is 14.3 Å². The summed E-state index contributed by atoms with van der Waals surface area (Å²) < 4.78 is 5.74. The number of carboxylic acid groups (broad SMARTS) is 1. The number of thiophene rings is 1. The fraction of sp³-hybridized carbons (Fsp3) is 0.429. The first-order chi connectivity index (χ1) is 9.72. The normalized spacial score (nSPS) is 20.1. The molecule has 1 atom stereocenters. The van der Waals surface area contributed by atoms with E-state index in [4.69, 9.17) is 9.52 Å². The molecule has 2 aromatic heterocycles. The minimum atomic E-state index is -0.707. The Kier molecular flexibility index (Phi) is 3.84. The lowest BCUT2D eigenvalue weighted by atomic mass is 9.98. The van der Waals surface area contributed by atoms with Gasteiger partial charge in [-0.25, -0.2) is 4.98 Å². The minimum Gasteiger partial charge on any atom is -0.481 e. The number of hydrogen-bond acceptors (Lipinski definition) is 5. The van der Waals surface area contributed by atoms with Crippen molar-refractivity contribution in [3.63, 3.8) is 0 Å². The van der Waals surface area contributed by atoms with Crippen molar-refractivity contribution in [2.75, 3.05) is 13.1 Å². The molecule has 1 saturated heterocycles. The van der Waals surface area contributed by atoms with E-state index in [1.165, 1.54) is 0 Å². The van der Waals surface area contributed by atoms with Crippen LogP contribution in [0.3, 0.4) is 0 Å². The molecule has 5 nitrogen and oxygen atoms in total. The topological polar surface area (TPSA) is 66.6 Å². The number of likely N-dealkylation sites (tertiary alicyclic amines) is 1. The molecular weight excluding hydrogens is 276 g/mol. The summed E-state index contributed by atoms with van der Waals surface area (Å²) in [6.45, 7) is 2.06. The Hall–Kier alpha value is -1.66. The van der Waals surface area contributed by atoms with Crippen molar-refractivity contribution in [3.8, 4) is 10.6 Å². The molecule has 1 aliphatic rings. The zero-order valence-corrected chi connectivity index (χ0v) is 11.8. The van der Waals surface area contributed by atoms with Crippen LogP contribution in [0.1, 0.15) is 18.7 Å². The lowest BCUT2D eigenvalue weighted by Crippen LogP contribution is -2.38. The van der Waals surface area contributed by atoms with Crippen LogP contribution < -0.4 is 0 Å². The summed E-state index contributed by atoms with van der Waals surface area (Å²) in [6, 6.07) is 3.97. The fourth-order valence-corrected chi connectivity index (χ4v) is 3.18. The third-order valence-electron chi connectivity index (χ3n) is 3.53. The van der Waals surface area contributed by atoms with Gasteiger partial charge in [0.05, 0.1) is 23.5 Å². The first kappa shape index (κ1) is 13.3. The van der Waals surface area contributed by atoms with Gasteiger partial charge in [-0.1, -0.05) is 6.07 Å². The molecule has 1 unspecified atom stereocenters. The summed E-state index contributed by atoms with van der Waals surface area (Å²) in [5.41, 5.74) is 0. The Morgan fingerprint density at radius 2 is 2.50 bits per heavy atom. The maximum atomic E-state index is 11.0. The molecule has 1 aliphatic heterocycles. The Balaban J connectivity index is 1.64. The van der Waals surface area contributed by atoms with Gasteiger partial charge in [-0.05, 0) is 30.8 Å². The predicted molar refractivity (Wildman–Crippen MR) is 75.5 cm³/mol. The maximum Gasteiger partial charge on any atom is 0.307 e. The second kappa shape index (κ2) is 5.76. The molecule has 3 rings (SSSR count). The maximum absolute atomic E-state index is 11.0. The highest BCUT2D eigenvalue weighted by Crippen LogP contribution is 2.26. The molecular formula is C14H16N2O3S. The third-order valence-corrected chi connectivity index (χ3v) is 4.42. The summed E-state index contributed by atoms with van der Waals surface area (Å²) in [7, 11) is 0. The van der Waals surface area contributed by atoms with Crippen molar-refractivity contribution >= 4 is 17.3 Å². The fourth-order valence-electron chi connectivity index (χ4n) is 2.51. The molecule has 0 bridgehead atoms. The van der Waals surface area contributed by atoms with Gasteiger partial charge in [0, 0.05) is 6.54 Å². The monoisotopic (exact) mass is 292 g/mol.